The van der Waals surface area contributed by atoms with Gasteiger partial charge in [0.05, 0.1) is 10.7 Å². The van der Waals surface area contributed by atoms with Gasteiger partial charge in [-0.05, 0) is 67.5 Å². The van der Waals surface area contributed by atoms with Crippen LogP contribution >= 0.6 is 11.6 Å². The van der Waals surface area contributed by atoms with E-state index in [-0.39, 0.29) is 17.6 Å². The number of hydrogen-bond donors (Lipinski definition) is 2. The number of carbonyl (C=O) groups is 1. The summed E-state index contributed by atoms with van der Waals surface area (Å²) in [7, 11) is 1.69. The number of amides is 1. The van der Waals surface area contributed by atoms with Crippen molar-refractivity contribution >= 4 is 23.3 Å². The predicted molar refractivity (Wildman–Crippen MR) is 125 cm³/mol. The molecule has 166 valence electrons. The molecule has 0 aliphatic heterocycles. The molecule has 1 aromatic carbocycles. The fourth-order valence-corrected chi connectivity index (χ4v) is 4.51. The van der Waals surface area contributed by atoms with Gasteiger partial charge in [0.2, 0.25) is 5.91 Å². The number of hydrogen-bond acceptors (Lipinski definition) is 4. The number of benzene rings is 1. The van der Waals surface area contributed by atoms with E-state index < -0.39 is 0 Å². The van der Waals surface area contributed by atoms with Gasteiger partial charge < -0.3 is 10.6 Å². The van der Waals surface area contributed by atoms with Crippen LogP contribution in [0.1, 0.15) is 30.5 Å². The van der Waals surface area contributed by atoms with E-state index in [1.54, 1.807) is 19.3 Å². The molecule has 4 rings (SSSR count). The van der Waals surface area contributed by atoms with Crippen molar-refractivity contribution in [3.8, 4) is 11.3 Å². The van der Waals surface area contributed by atoms with Gasteiger partial charge >= 0.3 is 0 Å². The van der Waals surface area contributed by atoms with Crippen molar-refractivity contribution in [2.75, 3.05) is 12.4 Å². The van der Waals surface area contributed by atoms with Gasteiger partial charge in [0.1, 0.15) is 11.6 Å². The molecule has 0 saturated heterocycles. The highest BCUT2D eigenvalue weighted by Crippen LogP contribution is 2.34. The van der Waals surface area contributed by atoms with Gasteiger partial charge in [-0.1, -0.05) is 29.8 Å². The fourth-order valence-electron chi connectivity index (χ4n) is 4.31. The number of nitrogens with zero attached hydrogens (tertiary/aromatic N) is 2. The van der Waals surface area contributed by atoms with Crippen LogP contribution in [0.25, 0.3) is 11.3 Å². The standard InChI is InChI=1S/C25H26ClFN4O/c1-28-25(32)18-9-8-16(10-18)12-20-13-21(22(26)15-29-20)23-6-3-7-24(31-23)30-14-17-4-2-5-19(27)11-17/h2-7,11,13,15-16,18H,8-10,12,14H2,1H3,(H,28,32)(H,30,31)/t16-,18+/m1/s1. The molecule has 1 amide bonds. The van der Waals surface area contributed by atoms with Crippen LogP contribution in [0.5, 0.6) is 0 Å². The number of carbonyl (C=O) groups excluding carboxylic acids is 1. The largest absolute Gasteiger partial charge is 0.366 e. The summed E-state index contributed by atoms with van der Waals surface area (Å²) in [5, 5.41) is 6.53. The first-order chi connectivity index (χ1) is 15.5. The van der Waals surface area contributed by atoms with Gasteiger partial charge in [0, 0.05) is 37.0 Å². The molecular weight excluding hydrogens is 427 g/mol. The average molecular weight is 453 g/mol. The Hall–Kier alpha value is -2.99. The smallest absolute Gasteiger partial charge is 0.222 e. The SMILES string of the molecule is CNC(=O)[C@H]1CC[C@@H](Cc2cc(-c3cccc(NCc4cccc(F)c4)n3)c(Cl)cn2)C1. The lowest BCUT2D eigenvalue weighted by Gasteiger charge is -2.13. The topological polar surface area (TPSA) is 66.9 Å². The minimum Gasteiger partial charge on any atom is -0.366 e. The monoisotopic (exact) mass is 452 g/mol. The normalized spacial score (nSPS) is 17.8. The second kappa shape index (κ2) is 10.1. The van der Waals surface area contributed by atoms with Crippen molar-refractivity contribution in [3.63, 3.8) is 0 Å². The molecule has 0 spiro atoms. The third-order valence-corrected chi connectivity index (χ3v) is 6.26. The minimum absolute atomic E-state index is 0.0966. The maximum Gasteiger partial charge on any atom is 0.222 e. The Kier molecular flexibility index (Phi) is 7.00. The van der Waals surface area contributed by atoms with Crippen molar-refractivity contribution in [2.45, 2.75) is 32.2 Å². The number of aromatic nitrogens is 2. The maximum absolute atomic E-state index is 13.4. The van der Waals surface area contributed by atoms with Gasteiger partial charge in [0.15, 0.2) is 0 Å². The molecule has 2 heterocycles. The molecule has 1 aliphatic carbocycles. The zero-order chi connectivity index (χ0) is 22.5. The molecule has 0 unspecified atom stereocenters. The van der Waals surface area contributed by atoms with Crippen LogP contribution in [-0.2, 0) is 17.8 Å². The first kappa shape index (κ1) is 22.2. The Balaban J connectivity index is 1.46. The van der Waals surface area contributed by atoms with E-state index in [9.17, 15) is 9.18 Å². The summed E-state index contributed by atoms with van der Waals surface area (Å²) in [4.78, 5) is 21.1. The van der Waals surface area contributed by atoms with Gasteiger partial charge in [-0.15, -0.1) is 0 Å². The number of nitrogens with one attached hydrogen (secondary N) is 2. The third-order valence-electron chi connectivity index (χ3n) is 5.96. The molecule has 2 aromatic heterocycles. The van der Waals surface area contributed by atoms with E-state index in [1.807, 2.05) is 30.3 Å². The molecule has 3 aromatic rings. The zero-order valence-corrected chi connectivity index (χ0v) is 18.7. The van der Waals surface area contributed by atoms with Crippen LogP contribution in [0.3, 0.4) is 0 Å². The summed E-state index contributed by atoms with van der Waals surface area (Å²) in [6.07, 6.45) is 5.32. The summed E-state index contributed by atoms with van der Waals surface area (Å²) < 4.78 is 13.4. The second-order valence-electron chi connectivity index (χ2n) is 8.24. The van der Waals surface area contributed by atoms with Crippen LogP contribution in [0, 0.1) is 17.7 Å². The molecule has 1 saturated carbocycles. The van der Waals surface area contributed by atoms with E-state index in [2.05, 4.69) is 15.6 Å². The van der Waals surface area contributed by atoms with Gasteiger partial charge in [0.25, 0.3) is 0 Å². The highest BCUT2D eigenvalue weighted by molar-refractivity contribution is 6.33. The molecule has 0 bridgehead atoms. The van der Waals surface area contributed by atoms with E-state index in [0.717, 1.165) is 48.2 Å². The zero-order valence-electron chi connectivity index (χ0n) is 17.9. The van der Waals surface area contributed by atoms with Crippen molar-refractivity contribution in [2.24, 2.45) is 11.8 Å². The Morgan fingerprint density at radius 1 is 1.19 bits per heavy atom. The lowest BCUT2D eigenvalue weighted by atomic mass is 9.98. The molecule has 1 fully saturated rings. The number of anilines is 1. The second-order valence-corrected chi connectivity index (χ2v) is 8.65. The Morgan fingerprint density at radius 3 is 2.84 bits per heavy atom. The Morgan fingerprint density at radius 2 is 2.03 bits per heavy atom. The maximum atomic E-state index is 13.4. The molecule has 32 heavy (non-hydrogen) atoms. The average Bonchev–Trinajstić information content (AvgIpc) is 3.27. The van der Waals surface area contributed by atoms with Crippen molar-refractivity contribution in [1.82, 2.24) is 15.3 Å². The van der Waals surface area contributed by atoms with E-state index >= 15 is 0 Å². The molecule has 1 aliphatic rings. The summed E-state index contributed by atoms with van der Waals surface area (Å²) in [6, 6.07) is 14.2. The quantitative estimate of drug-likeness (QED) is 0.513. The van der Waals surface area contributed by atoms with Gasteiger partial charge in [-0.3, -0.25) is 9.78 Å². The van der Waals surface area contributed by atoms with Crippen LogP contribution in [0.4, 0.5) is 10.2 Å². The van der Waals surface area contributed by atoms with E-state index in [1.165, 1.54) is 12.1 Å². The van der Waals surface area contributed by atoms with Crippen LogP contribution < -0.4 is 10.6 Å². The summed E-state index contributed by atoms with van der Waals surface area (Å²) >= 11 is 6.46. The molecule has 5 nitrogen and oxygen atoms in total. The lowest BCUT2D eigenvalue weighted by Crippen LogP contribution is -2.25. The van der Waals surface area contributed by atoms with E-state index in [4.69, 9.17) is 16.6 Å². The third kappa shape index (κ3) is 5.43. The first-order valence-electron chi connectivity index (χ1n) is 10.8. The predicted octanol–water partition coefficient (Wildman–Crippen LogP) is 5.25. The number of halogens is 2. The molecule has 2 atom stereocenters. The Bertz CT molecular complexity index is 1110. The van der Waals surface area contributed by atoms with E-state index in [0.29, 0.717) is 23.3 Å². The number of rotatable bonds is 7. The first-order valence-corrected chi connectivity index (χ1v) is 11.2. The highest BCUT2D eigenvalue weighted by Gasteiger charge is 2.29. The summed E-state index contributed by atoms with van der Waals surface area (Å²) in [5.41, 5.74) is 3.37. The molecule has 2 N–H and O–H groups in total. The molecule has 0 radical (unpaired) electrons. The van der Waals surface area contributed by atoms with Crippen molar-refractivity contribution in [3.05, 3.63) is 76.8 Å². The van der Waals surface area contributed by atoms with Crippen LogP contribution in [-0.4, -0.2) is 22.9 Å². The Labute approximate surface area is 192 Å². The fraction of sp³-hybridized carbons (Fsp3) is 0.320. The minimum atomic E-state index is -0.258. The van der Waals surface area contributed by atoms with Crippen molar-refractivity contribution in [1.29, 1.82) is 0 Å². The summed E-state index contributed by atoms with van der Waals surface area (Å²) in [5.74, 6) is 1.09. The van der Waals surface area contributed by atoms with Crippen LogP contribution in [0.2, 0.25) is 5.02 Å². The lowest BCUT2D eigenvalue weighted by molar-refractivity contribution is -0.124. The van der Waals surface area contributed by atoms with Gasteiger partial charge in [-0.25, -0.2) is 9.37 Å². The van der Waals surface area contributed by atoms with Crippen LogP contribution in [0.15, 0.2) is 54.7 Å². The molecule has 7 heteroatoms. The van der Waals surface area contributed by atoms with Crippen molar-refractivity contribution < 1.29 is 9.18 Å². The summed E-state index contributed by atoms with van der Waals surface area (Å²) in [6.45, 7) is 0.470. The van der Waals surface area contributed by atoms with Gasteiger partial charge in [-0.2, -0.15) is 0 Å². The highest BCUT2D eigenvalue weighted by atomic mass is 35.5. The number of pyridine rings is 2. The molecular formula is C25H26ClFN4O.